The van der Waals surface area contributed by atoms with Crippen LogP contribution in [0.25, 0.3) is 0 Å². The number of hydrogen-bond acceptors (Lipinski definition) is 5. The SMILES string of the molecule is CCCCCNC(=O)c1ccc(Sc2ccc(NS(=O)(=O)CC)cc2)nc1. The van der Waals surface area contributed by atoms with E-state index in [0.29, 0.717) is 17.8 Å². The van der Waals surface area contributed by atoms with Crippen molar-refractivity contribution in [2.75, 3.05) is 17.0 Å². The van der Waals surface area contributed by atoms with Crippen LogP contribution < -0.4 is 10.0 Å². The van der Waals surface area contributed by atoms with E-state index in [1.807, 2.05) is 12.1 Å². The van der Waals surface area contributed by atoms with Crippen LogP contribution in [0.2, 0.25) is 0 Å². The van der Waals surface area contributed by atoms with Crippen LogP contribution >= 0.6 is 11.8 Å². The van der Waals surface area contributed by atoms with Gasteiger partial charge in [-0.3, -0.25) is 9.52 Å². The molecule has 0 aliphatic rings. The third kappa shape index (κ3) is 7.22. The molecule has 6 nitrogen and oxygen atoms in total. The largest absolute Gasteiger partial charge is 0.352 e. The van der Waals surface area contributed by atoms with E-state index in [2.05, 4.69) is 21.9 Å². The Hall–Kier alpha value is -2.06. The fourth-order valence-corrected chi connectivity index (χ4v) is 3.61. The van der Waals surface area contributed by atoms with Gasteiger partial charge in [0.1, 0.15) is 5.03 Å². The molecule has 0 bridgehead atoms. The number of sulfonamides is 1. The summed E-state index contributed by atoms with van der Waals surface area (Å²) in [7, 11) is -3.27. The molecule has 0 aliphatic heterocycles. The number of amides is 1. The third-order valence-corrected chi connectivity index (χ3v) is 6.06. The molecule has 2 rings (SSSR count). The molecule has 1 aromatic carbocycles. The zero-order valence-corrected chi connectivity index (χ0v) is 17.2. The Morgan fingerprint density at radius 1 is 1.07 bits per heavy atom. The number of rotatable bonds is 10. The Labute approximate surface area is 165 Å². The summed E-state index contributed by atoms with van der Waals surface area (Å²) in [5.41, 5.74) is 1.07. The lowest BCUT2D eigenvalue weighted by molar-refractivity contribution is 0.0952. The molecular weight excluding hydrogens is 382 g/mol. The average molecular weight is 408 g/mol. The average Bonchev–Trinajstić information content (AvgIpc) is 2.67. The summed E-state index contributed by atoms with van der Waals surface area (Å²) in [6, 6.07) is 10.7. The quantitative estimate of drug-likeness (QED) is 0.583. The second-order valence-electron chi connectivity index (χ2n) is 5.98. The van der Waals surface area contributed by atoms with E-state index in [1.54, 1.807) is 37.4 Å². The number of nitrogens with one attached hydrogen (secondary N) is 2. The van der Waals surface area contributed by atoms with Gasteiger partial charge in [-0.05, 0) is 49.7 Å². The second kappa shape index (κ2) is 10.3. The Morgan fingerprint density at radius 2 is 1.81 bits per heavy atom. The van der Waals surface area contributed by atoms with Gasteiger partial charge in [0.05, 0.1) is 11.3 Å². The van der Waals surface area contributed by atoms with Crippen LogP contribution in [0, 0.1) is 0 Å². The molecule has 8 heteroatoms. The van der Waals surface area contributed by atoms with Crippen molar-refractivity contribution in [3.8, 4) is 0 Å². The van der Waals surface area contributed by atoms with Crippen molar-refractivity contribution >= 4 is 33.4 Å². The molecule has 2 aromatic rings. The topological polar surface area (TPSA) is 88.2 Å². The summed E-state index contributed by atoms with van der Waals surface area (Å²) in [5, 5.41) is 3.65. The predicted molar refractivity (Wildman–Crippen MR) is 110 cm³/mol. The molecule has 0 saturated heterocycles. The molecule has 0 spiro atoms. The van der Waals surface area contributed by atoms with Crippen molar-refractivity contribution < 1.29 is 13.2 Å². The monoisotopic (exact) mass is 407 g/mol. The minimum Gasteiger partial charge on any atom is -0.352 e. The number of nitrogens with zero attached hydrogens (tertiary/aromatic N) is 1. The van der Waals surface area contributed by atoms with Crippen molar-refractivity contribution in [2.45, 2.75) is 43.0 Å². The summed E-state index contributed by atoms with van der Waals surface area (Å²) in [6.45, 7) is 4.39. The highest BCUT2D eigenvalue weighted by atomic mass is 32.2. The molecule has 0 fully saturated rings. The molecule has 0 unspecified atom stereocenters. The number of unbranched alkanes of at least 4 members (excludes halogenated alkanes) is 2. The summed E-state index contributed by atoms with van der Waals surface area (Å²) < 4.78 is 25.6. The number of benzene rings is 1. The van der Waals surface area contributed by atoms with Gasteiger partial charge in [-0.25, -0.2) is 13.4 Å². The van der Waals surface area contributed by atoms with Gasteiger partial charge in [-0.15, -0.1) is 0 Å². The Bertz CT molecular complexity index is 836. The standard InChI is InChI=1S/C19H25N3O3S2/c1-3-5-6-13-20-19(23)15-7-12-18(21-14-15)26-17-10-8-16(9-11-17)22-27(24,25)4-2/h7-12,14,22H,3-6,13H2,1-2H3,(H,20,23). The number of aromatic nitrogens is 1. The van der Waals surface area contributed by atoms with Crippen molar-refractivity contribution in [3.63, 3.8) is 0 Å². The zero-order chi connectivity index (χ0) is 19.7. The molecule has 1 aromatic heterocycles. The molecular formula is C19H25N3O3S2. The number of carbonyl (C=O) groups is 1. The Morgan fingerprint density at radius 3 is 2.41 bits per heavy atom. The first kappa shape index (κ1) is 21.2. The van der Waals surface area contributed by atoms with Gasteiger partial charge >= 0.3 is 0 Å². The van der Waals surface area contributed by atoms with Crippen LogP contribution in [0.1, 0.15) is 43.5 Å². The van der Waals surface area contributed by atoms with E-state index >= 15 is 0 Å². The number of pyridine rings is 1. The second-order valence-corrected chi connectivity index (χ2v) is 9.08. The van der Waals surface area contributed by atoms with Gasteiger partial charge in [-0.2, -0.15) is 0 Å². The van der Waals surface area contributed by atoms with Gasteiger partial charge < -0.3 is 5.32 Å². The Balaban J connectivity index is 1.91. The van der Waals surface area contributed by atoms with Crippen LogP contribution in [0.5, 0.6) is 0 Å². The Kier molecular flexibility index (Phi) is 8.12. The van der Waals surface area contributed by atoms with E-state index in [-0.39, 0.29) is 11.7 Å². The highest BCUT2D eigenvalue weighted by Gasteiger charge is 2.08. The molecule has 1 heterocycles. The van der Waals surface area contributed by atoms with Gasteiger partial charge in [0.15, 0.2) is 0 Å². The van der Waals surface area contributed by atoms with E-state index in [1.165, 1.54) is 11.8 Å². The van der Waals surface area contributed by atoms with Gasteiger partial charge in [-0.1, -0.05) is 31.5 Å². The van der Waals surface area contributed by atoms with E-state index in [0.717, 1.165) is 29.2 Å². The fraction of sp³-hybridized carbons (Fsp3) is 0.368. The molecule has 1 amide bonds. The number of hydrogen-bond donors (Lipinski definition) is 2. The lowest BCUT2D eigenvalue weighted by Crippen LogP contribution is -2.24. The van der Waals surface area contributed by atoms with Crippen molar-refractivity contribution in [3.05, 3.63) is 48.2 Å². The maximum absolute atomic E-state index is 12.0. The zero-order valence-electron chi connectivity index (χ0n) is 15.6. The smallest absolute Gasteiger partial charge is 0.252 e. The minimum atomic E-state index is -3.27. The van der Waals surface area contributed by atoms with Gasteiger partial charge in [0.2, 0.25) is 10.0 Å². The molecule has 0 radical (unpaired) electrons. The predicted octanol–water partition coefficient (Wildman–Crippen LogP) is 3.91. The first-order valence-corrected chi connectivity index (χ1v) is 11.4. The van der Waals surface area contributed by atoms with Crippen LogP contribution in [0.15, 0.2) is 52.5 Å². The fourth-order valence-electron chi connectivity index (χ4n) is 2.22. The van der Waals surface area contributed by atoms with Crippen molar-refractivity contribution in [1.82, 2.24) is 10.3 Å². The number of carbonyl (C=O) groups excluding carboxylic acids is 1. The van der Waals surface area contributed by atoms with Crippen LogP contribution in [-0.2, 0) is 10.0 Å². The molecule has 146 valence electrons. The van der Waals surface area contributed by atoms with E-state index < -0.39 is 10.0 Å². The number of anilines is 1. The van der Waals surface area contributed by atoms with Crippen molar-refractivity contribution in [2.24, 2.45) is 0 Å². The van der Waals surface area contributed by atoms with Gasteiger partial charge in [0.25, 0.3) is 5.91 Å². The highest BCUT2D eigenvalue weighted by Crippen LogP contribution is 2.27. The maximum atomic E-state index is 12.0. The highest BCUT2D eigenvalue weighted by molar-refractivity contribution is 7.99. The maximum Gasteiger partial charge on any atom is 0.252 e. The van der Waals surface area contributed by atoms with Gasteiger partial charge in [0, 0.05) is 23.3 Å². The van der Waals surface area contributed by atoms with Crippen LogP contribution in [-0.4, -0.2) is 31.6 Å². The molecule has 0 atom stereocenters. The van der Waals surface area contributed by atoms with E-state index in [9.17, 15) is 13.2 Å². The first-order valence-electron chi connectivity index (χ1n) is 8.96. The lowest BCUT2D eigenvalue weighted by Gasteiger charge is -2.07. The third-order valence-electron chi connectivity index (χ3n) is 3.79. The lowest BCUT2D eigenvalue weighted by atomic mass is 10.2. The van der Waals surface area contributed by atoms with E-state index in [4.69, 9.17) is 0 Å². The minimum absolute atomic E-state index is 0.0337. The molecule has 2 N–H and O–H groups in total. The summed E-state index contributed by atoms with van der Waals surface area (Å²) in [4.78, 5) is 17.3. The first-order chi connectivity index (χ1) is 12.9. The van der Waals surface area contributed by atoms with Crippen LogP contribution in [0.3, 0.4) is 0 Å². The summed E-state index contributed by atoms with van der Waals surface area (Å²) in [5.74, 6) is -0.0749. The molecule has 0 saturated carbocycles. The summed E-state index contributed by atoms with van der Waals surface area (Å²) >= 11 is 1.44. The summed E-state index contributed by atoms with van der Waals surface area (Å²) in [6.07, 6.45) is 4.77. The normalized spacial score (nSPS) is 11.2. The molecule has 0 aliphatic carbocycles. The van der Waals surface area contributed by atoms with Crippen molar-refractivity contribution in [1.29, 1.82) is 0 Å². The molecule has 27 heavy (non-hydrogen) atoms. The van der Waals surface area contributed by atoms with Crippen LogP contribution in [0.4, 0.5) is 5.69 Å².